The monoisotopic (exact) mass is 253 g/mol. The second-order valence-corrected chi connectivity index (χ2v) is 5.37. The minimum absolute atomic E-state index is 0.122. The van der Waals surface area contributed by atoms with Crippen LogP contribution >= 0.6 is 0 Å². The molecule has 1 N–H and O–H groups in total. The topological polar surface area (TPSA) is 79.5 Å². The molecule has 1 aromatic heterocycles. The Hall–Kier alpha value is -1.43. The highest BCUT2D eigenvalue weighted by Crippen LogP contribution is 2.38. The molecule has 0 aromatic carbocycles. The molecule has 1 aliphatic rings. The quantitative estimate of drug-likeness (QED) is 0.871. The van der Waals surface area contributed by atoms with E-state index in [0.29, 0.717) is 19.5 Å². The molecule has 0 saturated carbocycles. The lowest BCUT2D eigenvalue weighted by Crippen LogP contribution is -2.39. The van der Waals surface area contributed by atoms with Crippen LogP contribution in [0.4, 0.5) is 0 Å². The normalized spacial score (nSPS) is 24.9. The summed E-state index contributed by atoms with van der Waals surface area (Å²) in [6.07, 6.45) is 0.685. The summed E-state index contributed by atoms with van der Waals surface area (Å²) in [6.45, 7) is 7.73. The third-order valence-corrected chi connectivity index (χ3v) is 4.03. The standard InChI is InChI=1S/C12H19N3O3/c1-8(2)12(11(16)17)4-5-15(7-12)6-10-9(3)13-18-14-10/h8H,4-7H2,1-3H3,(H,16,17). The molecule has 0 bridgehead atoms. The fourth-order valence-electron chi connectivity index (χ4n) is 2.55. The van der Waals surface area contributed by atoms with Crippen molar-refractivity contribution in [2.75, 3.05) is 13.1 Å². The summed E-state index contributed by atoms with van der Waals surface area (Å²) in [4.78, 5) is 13.6. The SMILES string of the molecule is Cc1nonc1CN1CCC(C(=O)O)(C(C)C)C1. The summed E-state index contributed by atoms with van der Waals surface area (Å²) < 4.78 is 4.66. The summed E-state index contributed by atoms with van der Waals surface area (Å²) in [7, 11) is 0. The van der Waals surface area contributed by atoms with Crippen molar-refractivity contribution in [2.45, 2.75) is 33.7 Å². The van der Waals surface area contributed by atoms with E-state index in [1.54, 1.807) is 0 Å². The third kappa shape index (κ3) is 2.12. The molecule has 2 rings (SSSR count). The van der Waals surface area contributed by atoms with Gasteiger partial charge in [0.25, 0.3) is 0 Å². The molecule has 1 saturated heterocycles. The third-order valence-electron chi connectivity index (χ3n) is 4.03. The van der Waals surface area contributed by atoms with Crippen molar-refractivity contribution in [3.8, 4) is 0 Å². The van der Waals surface area contributed by atoms with Crippen LogP contribution in [0.2, 0.25) is 0 Å². The summed E-state index contributed by atoms with van der Waals surface area (Å²) >= 11 is 0. The predicted molar refractivity (Wildman–Crippen MR) is 63.8 cm³/mol. The summed E-state index contributed by atoms with van der Waals surface area (Å²) in [6, 6.07) is 0. The van der Waals surface area contributed by atoms with Crippen molar-refractivity contribution >= 4 is 5.97 Å². The maximum absolute atomic E-state index is 11.5. The van der Waals surface area contributed by atoms with Crippen molar-refractivity contribution in [3.05, 3.63) is 11.4 Å². The fourth-order valence-corrected chi connectivity index (χ4v) is 2.55. The molecular formula is C12H19N3O3. The van der Waals surface area contributed by atoms with Gasteiger partial charge in [0.2, 0.25) is 0 Å². The number of carboxylic acid groups (broad SMARTS) is 1. The number of rotatable bonds is 4. The van der Waals surface area contributed by atoms with Crippen LogP contribution in [-0.2, 0) is 11.3 Å². The second-order valence-electron chi connectivity index (χ2n) is 5.37. The molecule has 0 spiro atoms. The largest absolute Gasteiger partial charge is 0.481 e. The Balaban J connectivity index is 2.08. The van der Waals surface area contributed by atoms with Crippen LogP contribution in [0.25, 0.3) is 0 Å². The molecular weight excluding hydrogens is 234 g/mol. The van der Waals surface area contributed by atoms with Gasteiger partial charge in [0, 0.05) is 13.1 Å². The fraction of sp³-hybridized carbons (Fsp3) is 0.750. The number of likely N-dealkylation sites (tertiary alicyclic amines) is 1. The maximum Gasteiger partial charge on any atom is 0.311 e. The van der Waals surface area contributed by atoms with Gasteiger partial charge in [-0.3, -0.25) is 9.69 Å². The first kappa shape index (κ1) is 13.0. The van der Waals surface area contributed by atoms with Gasteiger partial charge >= 0.3 is 5.97 Å². The molecule has 0 radical (unpaired) electrons. The molecule has 1 fully saturated rings. The smallest absolute Gasteiger partial charge is 0.311 e. The summed E-state index contributed by atoms with van der Waals surface area (Å²) in [5, 5.41) is 17.0. The van der Waals surface area contributed by atoms with Gasteiger partial charge in [0.05, 0.1) is 5.41 Å². The maximum atomic E-state index is 11.5. The minimum atomic E-state index is -0.699. The molecule has 1 aromatic rings. The Morgan fingerprint density at radius 2 is 2.28 bits per heavy atom. The number of aromatic nitrogens is 2. The highest BCUT2D eigenvalue weighted by Gasteiger charge is 2.47. The van der Waals surface area contributed by atoms with Crippen LogP contribution in [0, 0.1) is 18.3 Å². The lowest BCUT2D eigenvalue weighted by atomic mass is 9.76. The van der Waals surface area contributed by atoms with Gasteiger partial charge < -0.3 is 5.11 Å². The Morgan fingerprint density at radius 3 is 2.72 bits per heavy atom. The van der Waals surface area contributed by atoms with Gasteiger partial charge in [-0.25, -0.2) is 4.63 Å². The first-order chi connectivity index (χ1) is 8.45. The number of carboxylic acids is 1. The molecule has 6 nitrogen and oxygen atoms in total. The van der Waals surface area contributed by atoms with Gasteiger partial charge in [-0.2, -0.15) is 0 Å². The molecule has 1 unspecified atom stereocenters. The van der Waals surface area contributed by atoms with Crippen molar-refractivity contribution in [2.24, 2.45) is 11.3 Å². The van der Waals surface area contributed by atoms with E-state index in [1.807, 2.05) is 20.8 Å². The van der Waals surface area contributed by atoms with Crippen LogP contribution in [0.15, 0.2) is 4.63 Å². The van der Waals surface area contributed by atoms with E-state index in [-0.39, 0.29) is 5.92 Å². The van der Waals surface area contributed by atoms with Gasteiger partial charge in [-0.15, -0.1) is 0 Å². The Kier molecular flexibility index (Phi) is 3.38. The molecule has 1 aliphatic heterocycles. The number of hydrogen-bond donors (Lipinski definition) is 1. The van der Waals surface area contributed by atoms with Crippen molar-refractivity contribution in [3.63, 3.8) is 0 Å². The van der Waals surface area contributed by atoms with Gasteiger partial charge in [-0.1, -0.05) is 24.2 Å². The zero-order chi connectivity index (χ0) is 13.3. The van der Waals surface area contributed by atoms with Gasteiger partial charge in [0.15, 0.2) is 0 Å². The van der Waals surface area contributed by atoms with Crippen LogP contribution in [0.3, 0.4) is 0 Å². The molecule has 2 heterocycles. The Labute approximate surface area is 106 Å². The molecule has 6 heteroatoms. The number of hydrogen-bond acceptors (Lipinski definition) is 5. The number of carbonyl (C=O) groups is 1. The van der Waals surface area contributed by atoms with Crippen LogP contribution in [-0.4, -0.2) is 39.4 Å². The minimum Gasteiger partial charge on any atom is -0.481 e. The van der Waals surface area contributed by atoms with E-state index >= 15 is 0 Å². The van der Waals surface area contributed by atoms with Crippen LogP contribution in [0.1, 0.15) is 31.7 Å². The highest BCUT2D eigenvalue weighted by molar-refractivity contribution is 5.75. The second kappa shape index (κ2) is 4.68. The van der Waals surface area contributed by atoms with E-state index < -0.39 is 11.4 Å². The lowest BCUT2D eigenvalue weighted by molar-refractivity contribution is -0.151. The number of aryl methyl sites for hydroxylation is 1. The van der Waals surface area contributed by atoms with E-state index in [9.17, 15) is 9.90 Å². The lowest BCUT2D eigenvalue weighted by Gasteiger charge is -2.28. The van der Waals surface area contributed by atoms with E-state index in [0.717, 1.165) is 17.9 Å². The Morgan fingerprint density at radius 1 is 1.56 bits per heavy atom. The van der Waals surface area contributed by atoms with E-state index in [1.165, 1.54) is 0 Å². The van der Waals surface area contributed by atoms with Gasteiger partial charge in [-0.05, 0) is 25.8 Å². The van der Waals surface area contributed by atoms with Crippen molar-refractivity contribution in [1.29, 1.82) is 0 Å². The zero-order valence-electron chi connectivity index (χ0n) is 11.0. The van der Waals surface area contributed by atoms with E-state index in [2.05, 4.69) is 19.8 Å². The Bertz CT molecular complexity index is 444. The van der Waals surface area contributed by atoms with Crippen LogP contribution < -0.4 is 0 Å². The molecule has 0 amide bonds. The summed E-state index contributed by atoms with van der Waals surface area (Å²) in [5.74, 6) is -0.577. The van der Waals surface area contributed by atoms with Crippen molar-refractivity contribution in [1.82, 2.24) is 15.2 Å². The average molecular weight is 253 g/mol. The first-order valence-corrected chi connectivity index (χ1v) is 6.19. The molecule has 1 atom stereocenters. The number of aliphatic carboxylic acids is 1. The molecule has 100 valence electrons. The van der Waals surface area contributed by atoms with Crippen LogP contribution in [0.5, 0.6) is 0 Å². The number of nitrogens with zero attached hydrogens (tertiary/aromatic N) is 3. The predicted octanol–water partition coefficient (Wildman–Crippen LogP) is 1.31. The summed E-state index contributed by atoms with van der Waals surface area (Å²) in [5.41, 5.74) is 0.928. The average Bonchev–Trinajstić information content (AvgIpc) is 2.88. The zero-order valence-corrected chi connectivity index (χ0v) is 11.0. The van der Waals surface area contributed by atoms with Crippen molar-refractivity contribution < 1.29 is 14.5 Å². The van der Waals surface area contributed by atoms with E-state index in [4.69, 9.17) is 0 Å². The molecule has 0 aliphatic carbocycles. The van der Waals surface area contributed by atoms with Gasteiger partial charge in [0.1, 0.15) is 11.4 Å². The first-order valence-electron chi connectivity index (χ1n) is 6.19. The highest BCUT2D eigenvalue weighted by atomic mass is 16.6. The molecule has 18 heavy (non-hydrogen) atoms.